The molecule has 2 heterocycles. The number of nitrogens with zero attached hydrogens (tertiary/aromatic N) is 3. The summed E-state index contributed by atoms with van der Waals surface area (Å²) in [5.74, 6) is 1.06. The number of pyridine rings is 1. The van der Waals surface area contributed by atoms with E-state index < -0.39 is 6.85 Å². The van der Waals surface area contributed by atoms with Gasteiger partial charge in [0.05, 0.1) is 22.2 Å². The molecule has 0 aliphatic rings. The summed E-state index contributed by atoms with van der Waals surface area (Å²) in [6.07, 6.45) is 0. The van der Waals surface area contributed by atoms with Gasteiger partial charge in [-0.2, -0.15) is 0 Å². The predicted molar refractivity (Wildman–Crippen MR) is 184 cm³/mol. The van der Waals surface area contributed by atoms with E-state index in [1.807, 2.05) is 31.2 Å². The number of para-hydroxylation sites is 1. The predicted octanol–water partition coefficient (Wildman–Crippen LogP) is 11.1. The number of hydrogen-bond donors (Lipinski definition) is 0. The van der Waals surface area contributed by atoms with Crippen LogP contribution in [0.15, 0.2) is 84.9 Å². The van der Waals surface area contributed by atoms with Crippen LogP contribution in [0.1, 0.15) is 92.4 Å². The van der Waals surface area contributed by atoms with E-state index in [0.717, 1.165) is 61.5 Å². The number of hydrogen-bond acceptors (Lipinski definition) is 2. The maximum Gasteiger partial charge on any atom is 0.145 e. The molecule has 0 atom stereocenters. The highest BCUT2D eigenvalue weighted by molar-refractivity contribution is 5.92. The number of benzene rings is 4. The molecule has 6 aromatic rings. The van der Waals surface area contributed by atoms with Crippen LogP contribution in [0, 0.1) is 13.8 Å². The summed E-state index contributed by atoms with van der Waals surface area (Å²) >= 11 is 0. The van der Waals surface area contributed by atoms with Crippen LogP contribution in [-0.2, 0) is 5.41 Å². The van der Waals surface area contributed by atoms with Crippen molar-refractivity contribution in [1.82, 2.24) is 14.5 Å². The molecule has 0 aliphatic heterocycles. The van der Waals surface area contributed by atoms with E-state index in [1.165, 1.54) is 0 Å². The molecule has 0 amide bonds. The highest BCUT2D eigenvalue weighted by Gasteiger charge is 2.26. The van der Waals surface area contributed by atoms with Crippen LogP contribution in [0.3, 0.4) is 0 Å². The Morgan fingerprint density at radius 3 is 2.05 bits per heavy atom. The molecule has 2 aromatic heterocycles. The lowest BCUT2D eigenvalue weighted by Gasteiger charge is -2.25. The fraction of sp³-hybridized carbons (Fsp3) is 0.300. The Morgan fingerprint density at radius 1 is 0.721 bits per heavy atom. The lowest BCUT2D eigenvalue weighted by molar-refractivity contribution is 0.594. The van der Waals surface area contributed by atoms with Gasteiger partial charge in [0.25, 0.3) is 0 Å². The third-order valence-electron chi connectivity index (χ3n) is 8.42. The van der Waals surface area contributed by atoms with Crippen molar-refractivity contribution in [2.45, 2.75) is 79.5 Å². The van der Waals surface area contributed by atoms with E-state index in [0.29, 0.717) is 16.6 Å². The molecule has 0 fully saturated rings. The number of rotatable bonds is 5. The van der Waals surface area contributed by atoms with Gasteiger partial charge in [0.1, 0.15) is 5.82 Å². The Labute approximate surface area is 260 Å². The fourth-order valence-corrected chi connectivity index (χ4v) is 6.19. The van der Waals surface area contributed by atoms with Crippen molar-refractivity contribution in [1.29, 1.82) is 0 Å². The van der Waals surface area contributed by atoms with Crippen molar-refractivity contribution in [2.24, 2.45) is 0 Å². The first-order valence-electron chi connectivity index (χ1n) is 16.8. The van der Waals surface area contributed by atoms with E-state index >= 15 is 0 Å². The lowest BCUT2D eigenvalue weighted by Crippen LogP contribution is -2.14. The molecule has 6 rings (SSSR count). The Kier molecular flexibility index (Phi) is 6.34. The Hall–Kier alpha value is -4.24. The molecule has 43 heavy (non-hydrogen) atoms. The zero-order valence-electron chi connectivity index (χ0n) is 29.6. The van der Waals surface area contributed by atoms with Gasteiger partial charge in [0.2, 0.25) is 0 Å². The van der Waals surface area contributed by atoms with Gasteiger partial charge in [0, 0.05) is 20.8 Å². The summed E-state index contributed by atoms with van der Waals surface area (Å²) < 4.78 is 27.9. The van der Waals surface area contributed by atoms with Gasteiger partial charge in [-0.1, -0.05) is 97.0 Å². The SMILES string of the molecule is [2H]C([2H])([2H])c1cccc2nc(-c3cc(C(C)(C)C)c4nc(C)ccc4c3)n(-c3c(C(C)C)cc(-c4ccccc4)cc3C(C)C)c12. The Bertz CT molecular complexity index is 2050. The molecular weight excluding hydrogens is 522 g/mol. The summed E-state index contributed by atoms with van der Waals surface area (Å²) in [5.41, 5.74) is 11.1. The topological polar surface area (TPSA) is 30.7 Å². The van der Waals surface area contributed by atoms with Crippen molar-refractivity contribution in [3.8, 4) is 28.2 Å². The van der Waals surface area contributed by atoms with Gasteiger partial charge in [-0.3, -0.25) is 9.55 Å². The molecule has 0 saturated carbocycles. The lowest BCUT2D eigenvalue weighted by atomic mass is 9.84. The molecule has 3 heteroatoms. The third-order valence-corrected chi connectivity index (χ3v) is 8.42. The number of aryl methyl sites for hydroxylation is 2. The third kappa shape index (κ3) is 5.16. The van der Waals surface area contributed by atoms with E-state index in [-0.39, 0.29) is 17.3 Å². The van der Waals surface area contributed by atoms with Gasteiger partial charge >= 0.3 is 0 Å². The second-order valence-electron chi connectivity index (χ2n) is 13.4. The van der Waals surface area contributed by atoms with Crippen LogP contribution in [0.5, 0.6) is 0 Å². The molecule has 218 valence electrons. The molecular formula is C40H43N3. The zero-order chi connectivity index (χ0) is 33.1. The van der Waals surface area contributed by atoms with E-state index in [9.17, 15) is 0 Å². The number of imidazole rings is 1. The molecule has 0 saturated heterocycles. The van der Waals surface area contributed by atoms with E-state index in [2.05, 4.69) is 108 Å². The normalized spacial score (nSPS) is 13.6. The number of fused-ring (bicyclic) bond motifs is 2. The van der Waals surface area contributed by atoms with Crippen molar-refractivity contribution in [2.75, 3.05) is 0 Å². The maximum absolute atomic E-state index is 8.58. The highest BCUT2D eigenvalue weighted by atomic mass is 15.1. The van der Waals surface area contributed by atoms with Crippen LogP contribution in [0.4, 0.5) is 0 Å². The van der Waals surface area contributed by atoms with Gasteiger partial charge in [0.15, 0.2) is 0 Å². The molecule has 0 unspecified atom stereocenters. The van der Waals surface area contributed by atoms with E-state index in [4.69, 9.17) is 14.1 Å². The number of aromatic nitrogens is 3. The molecule has 0 aliphatic carbocycles. The minimum absolute atomic E-state index is 0.162. The van der Waals surface area contributed by atoms with Gasteiger partial charge in [-0.05, 0) is 101 Å². The smallest absolute Gasteiger partial charge is 0.145 e. The van der Waals surface area contributed by atoms with Gasteiger partial charge in [-0.25, -0.2) is 4.98 Å². The van der Waals surface area contributed by atoms with Crippen molar-refractivity contribution in [3.63, 3.8) is 0 Å². The van der Waals surface area contributed by atoms with Crippen LogP contribution >= 0.6 is 0 Å². The molecule has 0 spiro atoms. The first-order chi connectivity index (χ1) is 21.6. The fourth-order valence-electron chi connectivity index (χ4n) is 6.19. The summed E-state index contributed by atoms with van der Waals surface area (Å²) in [5, 5.41) is 1.04. The molecule has 3 nitrogen and oxygen atoms in total. The average molecular weight is 569 g/mol. The first kappa shape index (κ1) is 25.3. The van der Waals surface area contributed by atoms with Crippen LogP contribution in [0.2, 0.25) is 0 Å². The molecule has 0 N–H and O–H groups in total. The summed E-state index contributed by atoms with van der Waals surface area (Å²) in [6, 6.07) is 29.1. The van der Waals surface area contributed by atoms with Crippen LogP contribution < -0.4 is 0 Å². The van der Waals surface area contributed by atoms with Crippen molar-refractivity contribution >= 4 is 21.9 Å². The second kappa shape index (κ2) is 10.8. The zero-order valence-corrected chi connectivity index (χ0v) is 26.6. The Balaban J connectivity index is 1.80. The van der Waals surface area contributed by atoms with Crippen molar-refractivity contribution < 1.29 is 4.11 Å². The van der Waals surface area contributed by atoms with Crippen LogP contribution in [0.25, 0.3) is 50.1 Å². The quantitative estimate of drug-likeness (QED) is 0.207. The second-order valence-corrected chi connectivity index (χ2v) is 13.4. The Morgan fingerprint density at radius 2 is 1.42 bits per heavy atom. The van der Waals surface area contributed by atoms with Gasteiger partial charge in [-0.15, -0.1) is 0 Å². The summed E-state index contributed by atoms with van der Waals surface area (Å²) in [4.78, 5) is 10.2. The maximum atomic E-state index is 8.58. The minimum atomic E-state index is -2.32. The minimum Gasteiger partial charge on any atom is -0.291 e. The van der Waals surface area contributed by atoms with Crippen molar-refractivity contribution in [3.05, 3.63) is 113 Å². The molecule has 0 radical (unpaired) electrons. The summed E-state index contributed by atoms with van der Waals surface area (Å²) in [7, 11) is 0. The van der Waals surface area contributed by atoms with Crippen LogP contribution in [-0.4, -0.2) is 14.5 Å². The monoisotopic (exact) mass is 568 g/mol. The molecule has 0 bridgehead atoms. The highest BCUT2D eigenvalue weighted by Crippen LogP contribution is 2.42. The van der Waals surface area contributed by atoms with Gasteiger partial charge < -0.3 is 0 Å². The van der Waals surface area contributed by atoms with E-state index in [1.54, 1.807) is 6.07 Å². The first-order valence-corrected chi connectivity index (χ1v) is 15.3. The largest absolute Gasteiger partial charge is 0.291 e. The average Bonchev–Trinajstić information content (AvgIpc) is 3.38. The molecule has 4 aromatic carbocycles. The standard InChI is InChI=1S/C40H43N3/c1-24(2)32-21-30(28-15-11-10-12-16-28)22-33(25(3)4)38(32)43-37-26(5)14-13-17-35(37)42-39(43)31-20-29-19-18-27(6)41-36(29)34(23-31)40(7,8)9/h10-25H,1-9H3/i5D3. The summed E-state index contributed by atoms with van der Waals surface area (Å²) in [6.45, 7) is 15.2.